The second kappa shape index (κ2) is 13.3. The van der Waals surface area contributed by atoms with Crippen molar-refractivity contribution in [3.63, 3.8) is 0 Å². The van der Waals surface area contributed by atoms with Gasteiger partial charge in [0.25, 0.3) is 0 Å². The van der Waals surface area contributed by atoms with Crippen molar-refractivity contribution in [3.05, 3.63) is 12.2 Å². The SMILES string of the molecule is CCNC(=NCC(C)CN1CCN(C)CC1)NCCn1cnnc1CC.I. The number of hydrogen-bond donors (Lipinski definition) is 2. The van der Waals surface area contributed by atoms with Gasteiger partial charge < -0.3 is 25.0 Å². The summed E-state index contributed by atoms with van der Waals surface area (Å²) in [4.78, 5) is 9.72. The molecule has 27 heavy (non-hydrogen) atoms. The van der Waals surface area contributed by atoms with Crippen LogP contribution in [0.5, 0.6) is 0 Å². The molecule has 1 fully saturated rings. The summed E-state index contributed by atoms with van der Waals surface area (Å²) >= 11 is 0. The quantitative estimate of drug-likeness (QED) is 0.303. The van der Waals surface area contributed by atoms with Crippen molar-refractivity contribution >= 4 is 29.9 Å². The third-order valence-corrected chi connectivity index (χ3v) is 4.73. The van der Waals surface area contributed by atoms with Gasteiger partial charge in [-0.3, -0.25) is 4.99 Å². The average molecular weight is 492 g/mol. The molecule has 1 aliphatic heterocycles. The molecule has 0 spiro atoms. The predicted molar refractivity (Wildman–Crippen MR) is 122 cm³/mol. The maximum absolute atomic E-state index is 4.77. The van der Waals surface area contributed by atoms with Crippen LogP contribution in [0.4, 0.5) is 0 Å². The van der Waals surface area contributed by atoms with E-state index in [0.29, 0.717) is 5.92 Å². The first-order valence-electron chi connectivity index (χ1n) is 9.92. The third-order valence-electron chi connectivity index (χ3n) is 4.73. The van der Waals surface area contributed by atoms with Crippen LogP contribution in [0.1, 0.15) is 26.6 Å². The number of piperazine rings is 1. The molecular weight excluding hydrogens is 455 g/mol. The van der Waals surface area contributed by atoms with E-state index in [1.807, 2.05) is 0 Å². The smallest absolute Gasteiger partial charge is 0.191 e. The molecule has 9 heteroatoms. The van der Waals surface area contributed by atoms with Crippen LogP contribution in [-0.4, -0.2) is 89.9 Å². The molecule has 0 aromatic carbocycles. The number of nitrogens with one attached hydrogen (secondary N) is 2. The number of halogens is 1. The van der Waals surface area contributed by atoms with Gasteiger partial charge in [0, 0.05) is 65.3 Å². The van der Waals surface area contributed by atoms with Crippen LogP contribution in [0.25, 0.3) is 0 Å². The van der Waals surface area contributed by atoms with Crippen molar-refractivity contribution in [3.8, 4) is 0 Å². The number of guanidine groups is 1. The molecule has 0 saturated carbocycles. The van der Waals surface area contributed by atoms with E-state index in [1.54, 1.807) is 6.33 Å². The van der Waals surface area contributed by atoms with Crippen molar-refractivity contribution in [2.75, 3.05) is 59.4 Å². The van der Waals surface area contributed by atoms with E-state index in [4.69, 9.17) is 4.99 Å². The molecule has 1 aromatic heterocycles. The van der Waals surface area contributed by atoms with E-state index < -0.39 is 0 Å². The lowest BCUT2D eigenvalue weighted by atomic mass is 10.1. The lowest BCUT2D eigenvalue weighted by Gasteiger charge is -2.33. The second-order valence-corrected chi connectivity index (χ2v) is 7.15. The van der Waals surface area contributed by atoms with Gasteiger partial charge in [0.15, 0.2) is 5.96 Å². The zero-order valence-electron chi connectivity index (χ0n) is 17.3. The van der Waals surface area contributed by atoms with Gasteiger partial charge in [0.1, 0.15) is 12.2 Å². The molecule has 2 N–H and O–H groups in total. The zero-order valence-corrected chi connectivity index (χ0v) is 19.6. The molecule has 156 valence electrons. The van der Waals surface area contributed by atoms with Gasteiger partial charge in [-0.25, -0.2) is 0 Å². The highest BCUT2D eigenvalue weighted by Crippen LogP contribution is 2.05. The first kappa shape index (κ1) is 24.1. The Morgan fingerprint density at radius 3 is 2.63 bits per heavy atom. The van der Waals surface area contributed by atoms with E-state index >= 15 is 0 Å². The minimum atomic E-state index is 0. The summed E-state index contributed by atoms with van der Waals surface area (Å²) in [5.41, 5.74) is 0. The number of hydrogen-bond acceptors (Lipinski definition) is 5. The summed E-state index contributed by atoms with van der Waals surface area (Å²) in [6, 6.07) is 0. The molecule has 8 nitrogen and oxygen atoms in total. The summed E-state index contributed by atoms with van der Waals surface area (Å²) in [5, 5.41) is 14.8. The van der Waals surface area contributed by atoms with E-state index in [1.165, 1.54) is 26.2 Å². The first-order chi connectivity index (χ1) is 12.6. The van der Waals surface area contributed by atoms with E-state index in [9.17, 15) is 0 Å². The minimum absolute atomic E-state index is 0. The maximum Gasteiger partial charge on any atom is 0.191 e. The Labute approximate surface area is 181 Å². The van der Waals surface area contributed by atoms with Crippen molar-refractivity contribution in [2.45, 2.75) is 33.7 Å². The van der Waals surface area contributed by atoms with Crippen LogP contribution >= 0.6 is 24.0 Å². The van der Waals surface area contributed by atoms with E-state index in [0.717, 1.165) is 50.9 Å². The fourth-order valence-electron chi connectivity index (χ4n) is 3.15. The minimum Gasteiger partial charge on any atom is -0.357 e. The summed E-state index contributed by atoms with van der Waals surface area (Å²) in [7, 11) is 2.20. The summed E-state index contributed by atoms with van der Waals surface area (Å²) in [5.74, 6) is 2.47. The molecule has 0 bridgehead atoms. The number of nitrogens with zero attached hydrogens (tertiary/aromatic N) is 6. The van der Waals surface area contributed by atoms with Crippen molar-refractivity contribution in [2.24, 2.45) is 10.9 Å². The van der Waals surface area contributed by atoms with Crippen LogP contribution < -0.4 is 10.6 Å². The van der Waals surface area contributed by atoms with Crippen LogP contribution in [0.3, 0.4) is 0 Å². The highest BCUT2D eigenvalue weighted by atomic mass is 127. The molecule has 1 aliphatic rings. The second-order valence-electron chi connectivity index (χ2n) is 7.15. The maximum atomic E-state index is 4.77. The largest absolute Gasteiger partial charge is 0.357 e. The summed E-state index contributed by atoms with van der Waals surface area (Å²) in [6.07, 6.45) is 2.70. The third kappa shape index (κ3) is 8.73. The number of likely N-dealkylation sites (N-methyl/N-ethyl adjacent to an activating group) is 1. The zero-order chi connectivity index (χ0) is 18.8. The number of rotatable bonds is 9. The van der Waals surface area contributed by atoms with Crippen LogP contribution in [-0.2, 0) is 13.0 Å². The normalized spacial score (nSPS) is 17.4. The average Bonchev–Trinajstić information content (AvgIpc) is 3.09. The van der Waals surface area contributed by atoms with Crippen LogP contribution in [0.15, 0.2) is 11.3 Å². The van der Waals surface area contributed by atoms with E-state index in [-0.39, 0.29) is 24.0 Å². The molecule has 0 aliphatic carbocycles. The number of aryl methyl sites for hydroxylation is 1. The fraction of sp³-hybridized carbons (Fsp3) is 0.833. The highest BCUT2D eigenvalue weighted by Gasteiger charge is 2.16. The number of aliphatic imine (C=N–C) groups is 1. The Balaban J connectivity index is 0.00000364. The van der Waals surface area contributed by atoms with Gasteiger partial charge in [-0.1, -0.05) is 13.8 Å². The Morgan fingerprint density at radius 2 is 1.96 bits per heavy atom. The molecule has 0 radical (unpaired) electrons. The van der Waals surface area contributed by atoms with Crippen LogP contribution in [0, 0.1) is 5.92 Å². The van der Waals surface area contributed by atoms with Crippen molar-refractivity contribution in [1.29, 1.82) is 0 Å². The number of aromatic nitrogens is 3. The van der Waals surface area contributed by atoms with Gasteiger partial charge in [-0.05, 0) is 19.9 Å². The topological polar surface area (TPSA) is 73.6 Å². The monoisotopic (exact) mass is 492 g/mol. The van der Waals surface area contributed by atoms with Crippen LogP contribution in [0.2, 0.25) is 0 Å². The van der Waals surface area contributed by atoms with Gasteiger partial charge in [-0.15, -0.1) is 34.2 Å². The Morgan fingerprint density at radius 1 is 1.22 bits per heavy atom. The predicted octanol–water partition coefficient (Wildman–Crippen LogP) is 0.897. The molecule has 0 amide bonds. The lowest BCUT2D eigenvalue weighted by molar-refractivity contribution is 0.140. The van der Waals surface area contributed by atoms with Gasteiger partial charge in [-0.2, -0.15) is 0 Å². The van der Waals surface area contributed by atoms with Gasteiger partial charge in [0.2, 0.25) is 0 Å². The van der Waals surface area contributed by atoms with Gasteiger partial charge in [0.05, 0.1) is 0 Å². The van der Waals surface area contributed by atoms with Crippen molar-refractivity contribution in [1.82, 2.24) is 35.2 Å². The molecular formula is C18H37IN8. The first-order valence-corrected chi connectivity index (χ1v) is 9.92. The Hall–Kier alpha value is -0.940. The molecule has 1 saturated heterocycles. The molecule has 1 unspecified atom stereocenters. The van der Waals surface area contributed by atoms with Crippen molar-refractivity contribution < 1.29 is 0 Å². The standard InChI is InChI=1S/C18H36N8.HI/c1-5-17-23-22-15-26(17)8-7-20-18(19-6-2)21-13-16(3)14-25-11-9-24(4)10-12-25;/h15-16H,5-14H2,1-4H3,(H2,19,20,21);1H. The summed E-state index contributed by atoms with van der Waals surface area (Å²) in [6.45, 7) is 15.6. The molecule has 1 atom stereocenters. The molecule has 1 aromatic rings. The lowest BCUT2D eigenvalue weighted by Crippen LogP contribution is -2.46. The summed E-state index contributed by atoms with van der Waals surface area (Å²) < 4.78 is 2.09. The fourth-order valence-corrected chi connectivity index (χ4v) is 3.15. The Bertz CT molecular complexity index is 539. The Kier molecular flexibility index (Phi) is 11.8. The van der Waals surface area contributed by atoms with Gasteiger partial charge >= 0.3 is 0 Å². The molecule has 2 rings (SSSR count). The van der Waals surface area contributed by atoms with E-state index in [2.05, 4.69) is 63.0 Å². The molecule has 2 heterocycles. The highest BCUT2D eigenvalue weighted by molar-refractivity contribution is 14.0.